The highest BCUT2D eigenvalue weighted by Crippen LogP contribution is 2.33. The van der Waals surface area contributed by atoms with Gasteiger partial charge in [0.15, 0.2) is 0 Å². The van der Waals surface area contributed by atoms with E-state index < -0.39 is 11.5 Å². The Morgan fingerprint density at radius 2 is 1.87 bits per heavy atom. The van der Waals surface area contributed by atoms with E-state index in [9.17, 15) is 9.59 Å². The van der Waals surface area contributed by atoms with Crippen molar-refractivity contribution in [3.63, 3.8) is 0 Å². The summed E-state index contributed by atoms with van der Waals surface area (Å²) in [6.45, 7) is 3.80. The Kier molecular flexibility index (Phi) is 5.29. The molecule has 0 bridgehead atoms. The van der Waals surface area contributed by atoms with Crippen molar-refractivity contribution >= 4 is 11.9 Å². The minimum Gasteiger partial charge on any atom is -0.496 e. The fraction of sp³-hybridized carbons (Fsp3) is 0.556. The maximum Gasteiger partial charge on any atom is 0.331 e. The zero-order chi connectivity index (χ0) is 17.0. The number of benzene rings is 1. The standard InChI is InChI=1S/C18H25NO4/c1-12-7-8-14(15(11-12)22-3)13(2)16(20)19-18(17(21)23-4)9-5-6-10-18/h7-8,11,13H,5-6,9-10H2,1-4H3,(H,19,20). The van der Waals surface area contributed by atoms with Gasteiger partial charge in [-0.05, 0) is 38.3 Å². The molecule has 0 aliphatic heterocycles. The Morgan fingerprint density at radius 3 is 2.43 bits per heavy atom. The van der Waals surface area contributed by atoms with Crippen molar-refractivity contribution in [1.82, 2.24) is 5.32 Å². The fourth-order valence-corrected chi connectivity index (χ4v) is 3.22. The summed E-state index contributed by atoms with van der Waals surface area (Å²) in [6, 6.07) is 5.76. The van der Waals surface area contributed by atoms with Crippen molar-refractivity contribution < 1.29 is 19.1 Å². The van der Waals surface area contributed by atoms with Gasteiger partial charge in [0.25, 0.3) is 0 Å². The molecule has 1 aliphatic carbocycles. The first-order chi connectivity index (χ1) is 10.9. The second-order valence-electron chi connectivity index (χ2n) is 6.24. The molecule has 5 heteroatoms. The van der Waals surface area contributed by atoms with Crippen molar-refractivity contribution in [3.05, 3.63) is 29.3 Å². The Balaban J connectivity index is 2.21. The number of nitrogens with one attached hydrogen (secondary N) is 1. The van der Waals surface area contributed by atoms with Crippen molar-refractivity contribution in [3.8, 4) is 5.75 Å². The summed E-state index contributed by atoms with van der Waals surface area (Å²) in [5, 5.41) is 2.94. The zero-order valence-corrected chi connectivity index (χ0v) is 14.3. The molecule has 1 unspecified atom stereocenters. The van der Waals surface area contributed by atoms with Crippen LogP contribution in [0.3, 0.4) is 0 Å². The highest BCUT2D eigenvalue weighted by Gasteiger charge is 2.44. The van der Waals surface area contributed by atoms with Crippen LogP contribution in [-0.4, -0.2) is 31.6 Å². The van der Waals surface area contributed by atoms with Gasteiger partial charge < -0.3 is 14.8 Å². The van der Waals surface area contributed by atoms with E-state index >= 15 is 0 Å². The van der Waals surface area contributed by atoms with Gasteiger partial charge in [0.1, 0.15) is 11.3 Å². The van der Waals surface area contributed by atoms with Crippen LogP contribution in [0.1, 0.15) is 49.7 Å². The summed E-state index contributed by atoms with van der Waals surface area (Å²) in [5.41, 5.74) is 1.01. The summed E-state index contributed by atoms with van der Waals surface area (Å²) in [5.74, 6) is -0.259. The third kappa shape index (κ3) is 3.49. The number of hydrogen-bond acceptors (Lipinski definition) is 4. The monoisotopic (exact) mass is 319 g/mol. The number of ether oxygens (including phenoxy) is 2. The van der Waals surface area contributed by atoms with Crippen molar-refractivity contribution in [2.75, 3.05) is 14.2 Å². The molecule has 5 nitrogen and oxygen atoms in total. The Labute approximate surface area is 137 Å². The van der Waals surface area contributed by atoms with Crippen LogP contribution in [0.25, 0.3) is 0 Å². The third-order valence-corrected chi connectivity index (χ3v) is 4.64. The maximum absolute atomic E-state index is 12.7. The predicted octanol–water partition coefficient (Wildman–Crippen LogP) is 2.71. The lowest BCUT2D eigenvalue weighted by Crippen LogP contribution is -2.54. The largest absolute Gasteiger partial charge is 0.496 e. The number of carbonyl (C=O) groups is 2. The van der Waals surface area contributed by atoms with Gasteiger partial charge in [0, 0.05) is 5.56 Å². The molecule has 23 heavy (non-hydrogen) atoms. The van der Waals surface area contributed by atoms with Crippen molar-refractivity contribution in [2.24, 2.45) is 0 Å². The van der Waals surface area contributed by atoms with E-state index in [-0.39, 0.29) is 11.9 Å². The Bertz CT molecular complexity index is 591. The Hall–Kier alpha value is -2.04. The summed E-state index contributed by atoms with van der Waals surface area (Å²) in [6.07, 6.45) is 3.08. The molecule has 0 heterocycles. The quantitative estimate of drug-likeness (QED) is 0.848. The highest BCUT2D eigenvalue weighted by atomic mass is 16.5. The number of esters is 1. The van der Waals surface area contributed by atoms with Crippen LogP contribution in [0.2, 0.25) is 0 Å². The van der Waals surface area contributed by atoms with Crippen LogP contribution in [0.5, 0.6) is 5.75 Å². The van der Waals surface area contributed by atoms with Gasteiger partial charge in [-0.2, -0.15) is 0 Å². The molecule has 0 saturated heterocycles. The average Bonchev–Trinajstić information content (AvgIpc) is 3.02. The second kappa shape index (κ2) is 7.02. The van der Waals surface area contributed by atoms with E-state index in [1.165, 1.54) is 7.11 Å². The lowest BCUT2D eigenvalue weighted by molar-refractivity contribution is -0.150. The average molecular weight is 319 g/mol. The van der Waals surface area contributed by atoms with Crippen LogP contribution < -0.4 is 10.1 Å². The van der Waals surface area contributed by atoms with E-state index in [0.29, 0.717) is 18.6 Å². The molecule has 0 spiro atoms. The molecule has 1 atom stereocenters. The molecular formula is C18H25NO4. The van der Waals surface area contributed by atoms with Gasteiger partial charge >= 0.3 is 5.97 Å². The number of hydrogen-bond donors (Lipinski definition) is 1. The van der Waals surface area contributed by atoms with Gasteiger partial charge in [-0.25, -0.2) is 4.79 Å². The van der Waals surface area contributed by atoms with Crippen LogP contribution in [0, 0.1) is 6.92 Å². The number of amides is 1. The molecule has 0 aromatic heterocycles. The molecule has 1 saturated carbocycles. The van der Waals surface area contributed by atoms with Crippen molar-refractivity contribution in [1.29, 1.82) is 0 Å². The van der Waals surface area contributed by atoms with Crippen LogP contribution in [0.4, 0.5) is 0 Å². The van der Waals surface area contributed by atoms with Crippen molar-refractivity contribution in [2.45, 2.75) is 51.0 Å². The predicted molar refractivity (Wildman–Crippen MR) is 87.5 cm³/mol. The van der Waals surface area contributed by atoms with E-state index in [1.54, 1.807) is 7.11 Å². The second-order valence-corrected chi connectivity index (χ2v) is 6.24. The normalized spacial score (nSPS) is 17.4. The van der Waals surface area contributed by atoms with E-state index in [0.717, 1.165) is 24.0 Å². The minimum absolute atomic E-state index is 0.181. The fourth-order valence-electron chi connectivity index (χ4n) is 3.22. The molecular weight excluding hydrogens is 294 g/mol. The number of methoxy groups -OCH3 is 2. The number of carbonyl (C=O) groups excluding carboxylic acids is 2. The number of aryl methyl sites for hydroxylation is 1. The summed E-state index contributed by atoms with van der Waals surface area (Å²) < 4.78 is 10.3. The zero-order valence-electron chi connectivity index (χ0n) is 14.3. The Morgan fingerprint density at radius 1 is 1.22 bits per heavy atom. The van der Waals surface area contributed by atoms with Gasteiger partial charge in [-0.15, -0.1) is 0 Å². The molecule has 1 aromatic rings. The minimum atomic E-state index is -0.877. The van der Waals surface area contributed by atoms with Crippen LogP contribution in [-0.2, 0) is 14.3 Å². The topological polar surface area (TPSA) is 64.6 Å². The summed E-state index contributed by atoms with van der Waals surface area (Å²) in [4.78, 5) is 24.8. The summed E-state index contributed by atoms with van der Waals surface area (Å²) in [7, 11) is 2.96. The van der Waals surface area contributed by atoms with E-state index in [2.05, 4.69) is 5.32 Å². The molecule has 2 rings (SSSR count). The van der Waals surface area contributed by atoms with E-state index in [1.807, 2.05) is 32.0 Å². The number of rotatable bonds is 5. The van der Waals surface area contributed by atoms with Gasteiger partial charge in [0.05, 0.1) is 20.1 Å². The first-order valence-corrected chi connectivity index (χ1v) is 7.98. The van der Waals surface area contributed by atoms with Crippen LogP contribution >= 0.6 is 0 Å². The first-order valence-electron chi connectivity index (χ1n) is 7.98. The molecule has 1 N–H and O–H groups in total. The third-order valence-electron chi connectivity index (χ3n) is 4.64. The maximum atomic E-state index is 12.7. The molecule has 1 aromatic carbocycles. The van der Waals surface area contributed by atoms with E-state index in [4.69, 9.17) is 9.47 Å². The molecule has 1 aliphatic rings. The molecule has 1 fully saturated rings. The SMILES string of the molecule is COC(=O)C1(NC(=O)C(C)c2ccc(C)cc2OC)CCCC1. The molecule has 0 radical (unpaired) electrons. The highest BCUT2D eigenvalue weighted by molar-refractivity contribution is 5.91. The van der Waals surface area contributed by atoms with Gasteiger partial charge in [-0.1, -0.05) is 25.0 Å². The lowest BCUT2D eigenvalue weighted by Gasteiger charge is -2.29. The molecule has 1 amide bonds. The smallest absolute Gasteiger partial charge is 0.331 e. The van der Waals surface area contributed by atoms with Gasteiger partial charge in [0.2, 0.25) is 5.91 Å². The summed E-state index contributed by atoms with van der Waals surface area (Å²) >= 11 is 0. The van der Waals surface area contributed by atoms with Crippen LogP contribution in [0.15, 0.2) is 18.2 Å². The first kappa shape index (κ1) is 17.3. The molecule has 126 valence electrons. The van der Waals surface area contributed by atoms with Gasteiger partial charge in [-0.3, -0.25) is 4.79 Å². The lowest BCUT2D eigenvalue weighted by atomic mass is 9.93.